The van der Waals surface area contributed by atoms with Gasteiger partial charge in [0.25, 0.3) is 0 Å². The fourth-order valence-electron chi connectivity index (χ4n) is 1.02. The van der Waals surface area contributed by atoms with Crippen LogP contribution in [-0.2, 0) is 4.74 Å². The molecule has 0 aromatic heterocycles. The van der Waals surface area contributed by atoms with E-state index in [1.807, 2.05) is 0 Å². The molecule has 0 amide bonds. The Morgan fingerprint density at radius 3 is 3.00 bits per heavy atom. The Balaban J connectivity index is 2.41. The Bertz CT molecular complexity index is 480. The summed E-state index contributed by atoms with van der Waals surface area (Å²) in [5.74, 6) is 0. The van der Waals surface area contributed by atoms with Gasteiger partial charge >= 0.3 is 0 Å². The molecule has 2 nitrogen and oxygen atoms in total. The summed E-state index contributed by atoms with van der Waals surface area (Å²) in [6.07, 6.45) is -0.752. The molecule has 1 atom stereocenters. The van der Waals surface area contributed by atoms with Crippen LogP contribution in [0, 0.1) is 0 Å². The normalized spacial score (nSPS) is 36.3. The summed E-state index contributed by atoms with van der Waals surface area (Å²) >= 11 is 0. The maximum absolute atomic E-state index is 7.80. The summed E-state index contributed by atoms with van der Waals surface area (Å²) in [5.41, 5.74) is 0.0639. The second-order valence-electron chi connectivity index (χ2n) is 2.40. The van der Waals surface area contributed by atoms with E-state index in [9.17, 15) is 0 Å². The van der Waals surface area contributed by atoms with Crippen molar-refractivity contribution < 1.29 is 14.3 Å². The van der Waals surface area contributed by atoms with Crippen LogP contribution in [0.3, 0.4) is 0 Å². The lowest BCUT2D eigenvalue weighted by atomic mass is 10.1. The van der Waals surface area contributed by atoms with Gasteiger partial charge in [0.15, 0.2) is 0 Å². The molecule has 0 radical (unpaired) electrons. The van der Waals surface area contributed by atoms with Crippen LogP contribution in [0.1, 0.15) is 21.3 Å². The van der Waals surface area contributed by atoms with E-state index < -0.39 is 30.7 Å². The van der Waals surface area contributed by atoms with Gasteiger partial charge in [-0.3, -0.25) is 0 Å². The smallest absolute Gasteiger partial charge is 0.0949 e. The summed E-state index contributed by atoms with van der Waals surface area (Å²) in [4.78, 5) is 0. The predicted octanol–water partition coefficient (Wildman–Crippen LogP) is 1.35. The average molecular weight is 170 g/mol. The molecule has 2 rings (SSSR count). The van der Waals surface area contributed by atoms with Crippen molar-refractivity contribution in [3.63, 3.8) is 0 Å². The zero-order valence-electron chi connectivity index (χ0n) is 13.4. The number of benzene rings is 1. The maximum Gasteiger partial charge on any atom is 0.0949 e. The van der Waals surface area contributed by atoms with Crippen molar-refractivity contribution in [3.8, 4) is 0 Å². The number of morpholine rings is 1. The molecule has 12 heavy (non-hydrogen) atoms. The number of hydrogen-bond donors (Lipinski definition) is 1. The van der Waals surface area contributed by atoms with Crippen molar-refractivity contribution in [2.45, 2.75) is 6.10 Å². The zero-order chi connectivity index (χ0) is 14.4. The van der Waals surface area contributed by atoms with E-state index >= 15 is 0 Å². The van der Waals surface area contributed by atoms with Crippen LogP contribution in [0.25, 0.3) is 0 Å². The highest BCUT2D eigenvalue weighted by molar-refractivity contribution is 5.18. The Kier molecular flexibility index (Phi) is 0.963. The molecule has 1 aromatic carbocycles. The van der Waals surface area contributed by atoms with Gasteiger partial charge in [-0.05, 0) is 5.56 Å². The van der Waals surface area contributed by atoms with Gasteiger partial charge in [0.1, 0.15) is 0 Å². The standard InChI is InChI=1S/C10H13NO/c1-2-4-9(5-3-1)10-8-11-6-7-12-10/h1-5,10-11H,6-8H2/t10-/m0/s1/i1D,2D,3D,4D,5D,6D2. The van der Waals surface area contributed by atoms with E-state index in [0.717, 1.165) is 0 Å². The second-order valence-corrected chi connectivity index (χ2v) is 2.40. The van der Waals surface area contributed by atoms with Crippen LogP contribution < -0.4 is 5.32 Å². The van der Waals surface area contributed by atoms with Crippen LogP contribution in [0.2, 0.25) is 0 Å². The van der Waals surface area contributed by atoms with Gasteiger partial charge in [-0.25, -0.2) is 0 Å². The highest BCUT2D eigenvalue weighted by Crippen LogP contribution is 2.17. The zero-order valence-corrected chi connectivity index (χ0v) is 6.40. The van der Waals surface area contributed by atoms with Crippen LogP contribution in [0.5, 0.6) is 0 Å². The third-order valence-corrected chi connectivity index (χ3v) is 1.61. The molecule has 1 aliphatic rings. The first-order chi connectivity index (χ1) is 8.74. The molecule has 2 heteroatoms. The summed E-state index contributed by atoms with van der Waals surface area (Å²) in [6, 6.07) is -1.88. The van der Waals surface area contributed by atoms with E-state index in [1.165, 1.54) is 0 Å². The minimum absolute atomic E-state index is 0.0565. The maximum atomic E-state index is 7.80. The molecule has 0 spiro atoms. The molecular weight excluding hydrogens is 150 g/mol. The monoisotopic (exact) mass is 170 g/mol. The first-order valence-corrected chi connectivity index (χ1v) is 3.68. The first-order valence-electron chi connectivity index (χ1n) is 7.18. The van der Waals surface area contributed by atoms with Crippen LogP contribution in [0.4, 0.5) is 0 Å². The molecule has 1 N–H and O–H groups in total. The highest BCUT2D eigenvalue weighted by Gasteiger charge is 2.14. The van der Waals surface area contributed by atoms with Crippen LogP contribution in [-0.4, -0.2) is 19.6 Å². The van der Waals surface area contributed by atoms with E-state index in [-0.39, 0.29) is 30.8 Å². The lowest BCUT2D eigenvalue weighted by Gasteiger charge is -2.23. The molecule has 1 saturated heterocycles. The largest absolute Gasteiger partial charge is 0.371 e. The van der Waals surface area contributed by atoms with E-state index in [2.05, 4.69) is 5.32 Å². The van der Waals surface area contributed by atoms with Crippen molar-refractivity contribution in [1.82, 2.24) is 5.32 Å². The van der Waals surface area contributed by atoms with Gasteiger partial charge in [0.2, 0.25) is 0 Å². The fraction of sp³-hybridized carbons (Fsp3) is 0.400. The van der Waals surface area contributed by atoms with Crippen molar-refractivity contribution in [2.24, 2.45) is 0 Å². The number of hydrogen-bond acceptors (Lipinski definition) is 2. The fourth-order valence-corrected chi connectivity index (χ4v) is 1.02. The van der Waals surface area contributed by atoms with Crippen LogP contribution >= 0.6 is 0 Å². The minimum atomic E-state index is -1.66. The SMILES string of the molecule is [2H]c1c([2H])c([2H])c([C@@H]2CNC([2H])([2H])CO2)c([2H])c1[2H]. The molecule has 0 saturated carbocycles. The number of rotatable bonds is 1. The predicted molar refractivity (Wildman–Crippen MR) is 48.0 cm³/mol. The van der Waals surface area contributed by atoms with E-state index in [1.54, 1.807) is 0 Å². The molecular formula is C10H13NO. The molecule has 0 aliphatic carbocycles. The third-order valence-electron chi connectivity index (χ3n) is 1.61. The summed E-state index contributed by atoms with van der Waals surface area (Å²) < 4.78 is 58.4. The average Bonchev–Trinajstić information content (AvgIpc) is 2.36. The lowest BCUT2D eigenvalue weighted by Crippen LogP contribution is -2.33. The first kappa shape index (κ1) is 3.13. The molecule has 1 aromatic rings. The van der Waals surface area contributed by atoms with Gasteiger partial charge < -0.3 is 10.1 Å². The Hall–Kier alpha value is -0.860. The quantitative estimate of drug-likeness (QED) is 0.687. The number of ether oxygens (including phenoxy) is 1. The summed E-state index contributed by atoms with van der Waals surface area (Å²) in [7, 11) is 0. The van der Waals surface area contributed by atoms with Gasteiger partial charge in [0.05, 0.1) is 19.6 Å². The van der Waals surface area contributed by atoms with Crippen LogP contribution in [0.15, 0.2) is 30.2 Å². The van der Waals surface area contributed by atoms with E-state index in [0.29, 0.717) is 0 Å². The van der Waals surface area contributed by atoms with Gasteiger partial charge in [-0.2, -0.15) is 0 Å². The van der Waals surface area contributed by atoms with E-state index in [4.69, 9.17) is 14.3 Å². The topological polar surface area (TPSA) is 21.3 Å². The molecule has 1 heterocycles. The van der Waals surface area contributed by atoms with Crippen molar-refractivity contribution in [2.75, 3.05) is 19.6 Å². The molecule has 64 valence electrons. The third kappa shape index (κ3) is 1.65. The summed E-state index contributed by atoms with van der Waals surface area (Å²) in [5, 5.41) is 2.59. The highest BCUT2D eigenvalue weighted by atomic mass is 16.5. The number of nitrogens with one attached hydrogen (secondary N) is 1. The molecule has 1 aliphatic heterocycles. The van der Waals surface area contributed by atoms with Crippen molar-refractivity contribution in [3.05, 3.63) is 35.8 Å². The summed E-state index contributed by atoms with van der Waals surface area (Å²) in [6.45, 7) is -1.84. The van der Waals surface area contributed by atoms with Crippen molar-refractivity contribution >= 4 is 0 Å². The van der Waals surface area contributed by atoms with Gasteiger partial charge in [-0.1, -0.05) is 30.2 Å². The molecule has 0 unspecified atom stereocenters. The second kappa shape index (κ2) is 3.70. The Morgan fingerprint density at radius 2 is 2.33 bits per heavy atom. The van der Waals surface area contributed by atoms with Crippen molar-refractivity contribution in [1.29, 1.82) is 0 Å². The van der Waals surface area contributed by atoms with Gasteiger partial charge in [0, 0.05) is 15.8 Å². The Morgan fingerprint density at radius 1 is 1.50 bits per heavy atom. The molecule has 1 fully saturated rings. The Labute approximate surface area is 82.4 Å². The molecule has 0 bridgehead atoms. The van der Waals surface area contributed by atoms with Gasteiger partial charge in [-0.15, -0.1) is 0 Å². The minimum Gasteiger partial charge on any atom is -0.371 e. The lowest BCUT2D eigenvalue weighted by molar-refractivity contribution is 0.0277.